The van der Waals surface area contributed by atoms with Crippen LogP contribution in [0.5, 0.6) is 0 Å². The van der Waals surface area contributed by atoms with Crippen LogP contribution in [0.2, 0.25) is 5.54 Å². The summed E-state index contributed by atoms with van der Waals surface area (Å²) in [4.78, 5) is 0. The summed E-state index contributed by atoms with van der Waals surface area (Å²) in [5.41, 5.74) is 0.0439. The van der Waals surface area contributed by atoms with Gasteiger partial charge in [-0.25, -0.2) is 0 Å². The van der Waals surface area contributed by atoms with Gasteiger partial charge in [-0.1, -0.05) is 26.1 Å². The number of thiocarbonyl (C=S) groups is 1. The van der Waals surface area contributed by atoms with Gasteiger partial charge in [-0.15, -0.1) is 11.8 Å². The molecule has 0 spiro atoms. The van der Waals surface area contributed by atoms with E-state index in [9.17, 15) is 0 Å². The highest BCUT2D eigenvalue weighted by molar-refractivity contribution is 8.23. The molecule has 14 heavy (non-hydrogen) atoms. The molecule has 0 aromatic rings. The Morgan fingerprint density at radius 1 is 1.29 bits per heavy atom. The Morgan fingerprint density at radius 2 is 1.71 bits per heavy atom. The van der Waals surface area contributed by atoms with Gasteiger partial charge < -0.3 is 13.3 Å². The third-order valence-corrected chi connectivity index (χ3v) is 7.13. The molecule has 0 bridgehead atoms. The summed E-state index contributed by atoms with van der Waals surface area (Å²) in [6, 6.07) is 0. The maximum Gasteiger partial charge on any atom is 0.509 e. The maximum absolute atomic E-state index is 5.36. The van der Waals surface area contributed by atoms with E-state index in [1.54, 1.807) is 33.1 Å². The van der Waals surface area contributed by atoms with E-state index in [2.05, 4.69) is 6.92 Å². The summed E-state index contributed by atoms with van der Waals surface area (Å²) in [5, 5.41) is 0. The fourth-order valence-corrected chi connectivity index (χ4v) is 5.05. The molecule has 0 N–H and O–H groups in total. The smallest absolute Gasteiger partial charge is 0.376 e. The zero-order valence-electron chi connectivity index (χ0n) is 9.33. The van der Waals surface area contributed by atoms with Crippen LogP contribution in [-0.4, -0.2) is 40.1 Å². The Labute approximate surface area is 96.9 Å². The van der Waals surface area contributed by atoms with E-state index in [4.69, 9.17) is 25.5 Å². The summed E-state index contributed by atoms with van der Waals surface area (Å²) in [6.45, 7) is 4.06. The summed E-state index contributed by atoms with van der Waals surface area (Å²) in [7, 11) is 2.24. The van der Waals surface area contributed by atoms with Gasteiger partial charge in [0.1, 0.15) is 0 Å². The van der Waals surface area contributed by atoms with Crippen molar-refractivity contribution in [2.45, 2.75) is 19.4 Å². The van der Waals surface area contributed by atoms with Crippen LogP contribution in [0.15, 0.2) is 0 Å². The summed E-state index contributed by atoms with van der Waals surface area (Å²) in [6.07, 6.45) is 0. The molecular formula is C8H18O3S2Si. The van der Waals surface area contributed by atoms with Gasteiger partial charge in [-0.05, 0) is 5.75 Å². The quantitative estimate of drug-likeness (QED) is 0.536. The molecule has 1 atom stereocenters. The summed E-state index contributed by atoms with van der Waals surface area (Å²) < 4.78 is 17.0. The standard InChI is InChI=1S/C8H18O3S2Si/c1-6-13-8(12)7(2)14(9-3,10-4)11-5/h7H,6H2,1-5H3. The molecule has 84 valence electrons. The van der Waals surface area contributed by atoms with Crippen LogP contribution in [0.1, 0.15) is 13.8 Å². The highest BCUT2D eigenvalue weighted by Crippen LogP contribution is 2.29. The highest BCUT2D eigenvalue weighted by Gasteiger charge is 2.46. The first-order chi connectivity index (χ1) is 6.57. The zero-order chi connectivity index (χ0) is 11.2. The Bertz CT molecular complexity index is 177. The number of rotatable bonds is 6. The van der Waals surface area contributed by atoms with Crippen molar-refractivity contribution in [1.29, 1.82) is 0 Å². The lowest BCUT2D eigenvalue weighted by molar-refractivity contribution is 0.120. The molecule has 0 aliphatic heterocycles. The Balaban J connectivity index is 4.57. The van der Waals surface area contributed by atoms with Gasteiger partial charge in [0.15, 0.2) is 0 Å². The van der Waals surface area contributed by atoms with Crippen LogP contribution in [0.3, 0.4) is 0 Å². The molecule has 0 aliphatic rings. The number of hydrogen-bond donors (Lipinski definition) is 0. The number of thioether (sulfide) groups is 1. The predicted octanol–water partition coefficient (Wildman–Crippen LogP) is 2.34. The van der Waals surface area contributed by atoms with Crippen LogP contribution in [0.25, 0.3) is 0 Å². The average molecular weight is 254 g/mol. The monoisotopic (exact) mass is 254 g/mol. The molecule has 0 rings (SSSR count). The van der Waals surface area contributed by atoms with Crippen LogP contribution >= 0.6 is 24.0 Å². The molecule has 6 heteroatoms. The van der Waals surface area contributed by atoms with Crippen LogP contribution < -0.4 is 0 Å². The van der Waals surface area contributed by atoms with Crippen molar-refractivity contribution < 1.29 is 13.3 Å². The van der Waals surface area contributed by atoms with Crippen molar-refractivity contribution in [3.8, 4) is 0 Å². The van der Waals surface area contributed by atoms with Gasteiger partial charge >= 0.3 is 8.80 Å². The normalized spacial score (nSPS) is 14.1. The van der Waals surface area contributed by atoms with E-state index < -0.39 is 8.80 Å². The van der Waals surface area contributed by atoms with Crippen molar-refractivity contribution in [1.82, 2.24) is 0 Å². The van der Waals surface area contributed by atoms with Crippen LogP contribution in [-0.2, 0) is 13.3 Å². The lowest BCUT2D eigenvalue weighted by Gasteiger charge is -2.30. The molecule has 0 saturated carbocycles. The fourth-order valence-electron chi connectivity index (χ4n) is 1.19. The second kappa shape index (κ2) is 6.92. The average Bonchev–Trinajstić information content (AvgIpc) is 2.21. The van der Waals surface area contributed by atoms with Crippen molar-refractivity contribution in [2.75, 3.05) is 27.1 Å². The van der Waals surface area contributed by atoms with Gasteiger partial charge in [0.2, 0.25) is 0 Å². The molecule has 0 aromatic carbocycles. The SMILES string of the molecule is CCSC(=S)C(C)[Si](OC)(OC)OC. The van der Waals surface area contributed by atoms with E-state index in [0.717, 1.165) is 9.95 Å². The topological polar surface area (TPSA) is 27.7 Å². The van der Waals surface area contributed by atoms with Crippen molar-refractivity contribution >= 4 is 37.0 Å². The molecule has 0 aromatic heterocycles. The lowest BCUT2D eigenvalue weighted by atomic mass is 10.5. The van der Waals surface area contributed by atoms with E-state index in [1.165, 1.54) is 0 Å². The first-order valence-corrected chi connectivity index (χ1v) is 7.59. The van der Waals surface area contributed by atoms with Crippen molar-refractivity contribution in [2.24, 2.45) is 0 Å². The summed E-state index contributed by atoms with van der Waals surface area (Å²) >= 11 is 6.92. The second-order valence-corrected chi connectivity index (χ2v) is 7.99. The molecule has 0 fully saturated rings. The van der Waals surface area contributed by atoms with E-state index in [0.29, 0.717) is 0 Å². The third-order valence-electron chi connectivity index (χ3n) is 2.02. The molecule has 0 heterocycles. The minimum atomic E-state index is -2.58. The van der Waals surface area contributed by atoms with E-state index in [1.807, 2.05) is 6.92 Å². The van der Waals surface area contributed by atoms with Crippen molar-refractivity contribution in [3.63, 3.8) is 0 Å². The molecule has 1 unspecified atom stereocenters. The minimum absolute atomic E-state index is 0.0439. The maximum atomic E-state index is 5.36. The van der Waals surface area contributed by atoms with E-state index >= 15 is 0 Å². The predicted molar refractivity (Wildman–Crippen MR) is 66.9 cm³/mol. The highest BCUT2D eigenvalue weighted by atomic mass is 32.2. The third kappa shape index (κ3) is 3.29. The molecular weight excluding hydrogens is 236 g/mol. The fraction of sp³-hybridized carbons (Fsp3) is 0.875. The molecule has 0 amide bonds. The van der Waals surface area contributed by atoms with Crippen LogP contribution in [0.4, 0.5) is 0 Å². The molecule has 0 aliphatic carbocycles. The molecule has 0 radical (unpaired) electrons. The molecule has 3 nitrogen and oxygen atoms in total. The Hall–Kier alpha value is 0.537. The second-order valence-electron chi connectivity index (χ2n) is 2.69. The Morgan fingerprint density at radius 3 is 2.00 bits per heavy atom. The first-order valence-electron chi connectivity index (χ1n) is 4.40. The van der Waals surface area contributed by atoms with Gasteiger partial charge in [0.05, 0.1) is 9.74 Å². The van der Waals surface area contributed by atoms with Gasteiger partial charge in [0.25, 0.3) is 0 Å². The van der Waals surface area contributed by atoms with Gasteiger partial charge in [0, 0.05) is 21.3 Å². The van der Waals surface area contributed by atoms with Gasteiger partial charge in [-0.3, -0.25) is 0 Å². The first kappa shape index (κ1) is 14.5. The zero-order valence-corrected chi connectivity index (χ0v) is 12.0. The minimum Gasteiger partial charge on any atom is -0.376 e. The lowest BCUT2D eigenvalue weighted by Crippen LogP contribution is -2.48. The van der Waals surface area contributed by atoms with Crippen LogP contribution in [0, 0.1) is 0 Å². The molecule has 0 saturated heterocycles. The van der Waals surface area contributed by atoms with Gasteiger partial charge in [-0.2, -0.15) is 0 Å². The Kier molecular flexibility index (Phi) is 7.18. The number of hydrogen-bond acceptors (Lipinski definition) is 5. The largest absolute Gasteiger partial charge is 0.509 e. The van der Waals surface area contributed by atoms with Crippen molar-refractivity contribution in [3.05, 3.63) is 0 Å². The summed E-state index contributed by atoms with van der Waals surface area (Å²) in [5.74, 6) is 0.963. The van der Waals surface area contributed by atoms with E-state index in [-0.39, 0.29) is 5.54 Å².